The van der Waals surface area contributed by atoms with E-state index in [0.717, 1.165) is 44.9 Å². The number of likely N-dealkylation sites (tertiary alicyclic amines) is 1. The van der Waals surface area contributed by atoms with Crippen molar-refractivity contribution in [1.82, 2.24) is 20.0 Å². The Balaban J connectivity index is 0.00000300. The number of aryl methyl sites for hydroxylation is 1. The summed E-state index contributed by atoms with van der Waals surface area (Å²) in [6, 6.07) is 10.9. The Hall–Kier alpha value is -1.57. The molecule has 1 N–H and O–H groups in total. The van der Waals surface area contributed by atoms with Gasteiger partial charge in [0.1, 0.15) is 0 Å². The molecule has 0 bridgehead atoms. The lowest BCUT2D eigenvalue weighted by atomic mass is 9.76. The van der Waals surface area contributed by atoms with Crippen LogP contribution in [0.1, 0.15) is 44.2 Å². The van der Waals surface area contributed by atoms with Crippen molar-refractivity contribution in [3.63, 3.8) is 0 Å². The van der Waals surface area contributed by atoms with Gasteiger partial charge in [0, 0.05) is 45.3 Å². The summed E-state index contributed by atoms with van der Waals surface area (Å²) in [5, 5.41) is 8.00. The maximum Gasteiger partial charge on any atom is 0.193 e. The van der Waals surface area contributed by atoms with Gasteiger partial charge >= 0.3 is 0 Å². The van der Waals surface area contributed by atoms with Gasteiger partial charge in [-0.05, 0) is 42.7 Å². The number of aliphatic imine (C=N–C) groups is 1. The molecule has 0 aliphatic carbocycles. The minimum atomic E-state index is 0. The van der Waals surface area contributed by atoms with E-state index in [1.165, 1.54) is 17.5 Å². The number of hydrogen-bond acceptors (Lipinski definition) is 2. The highest BCUT2D eigenvalue weighted by Crippen LogP contribution is 2.31. The molecule has 3 rings (SSSR count). The summed E-state index contributed by atoms with van der Waals surface area (Å²) in [4.78, 5) is 7.01. The van der Waals surface area contributed by atoms with Crippen LogP contribution < -0.4 is 5.32 Å². The Morgan fingerprint density at radius 3 is 2.55 bits per heavy atom. The van der Waals surface area contributed by atoms with E-state index >= 15 is 0 Å². The van der Waals surface area contributed by atoms with Crippen LogP contribution in [-0.2, 0) is 18.9 Å². The Morgan fingerprint density at radius 1 is 1.24 bits per heavy atom. The fourth-order valence-electron chi connectivity index (χ4n) is 4.48. The van der Waals surface area contributed by atoms with Gasteiger partial charge in [-0.15, -0.1) is 24.0 Å². The largest absolute Gasteiger partial charge is 0.355 e. The second kappa shape index (κ2) is 11.0. The number of nitrogens with one attached hydrogen (secondary N) is 1. The molecule has 0 spiro atoms. The Labute approximate surface area is 193 Å². The van der Waals surface area contributed by atoms with Crippen LogP contribution >= 0.6 is 24.0 Å². The van der Waals surface area contributed by atoms with Gasteiger partial charge in [0.05, 0.1) is 6.20 Å². The summed E-state index contributed by atoms with van der Waals surface area (Å²) in [5.41, 5.74) is 2.89. The van der Waals surface area contributed by atoms with E-state index in [1.807, 2.05) is 25.0 Å². The SMILES string of the molecule is CCC(CC)(CNC(=NC)N1CCC(Cc2cnn(C)c2)C1)c1ccccc1.I. The number of hydrogen-bond donors (Lipinski definition) is 1. The average molecular weight is 509 g/mol. The van der Waals surface area contributed by atoms with Crippen molar-refractivity contribution in [3.8, 4) is 0 Å². The zero-order valence-corrected chi connectivity index (χ0v) is 20.6. The molecule has 2 heterocycles. The molecule has 1 unspecified atom stereocenters. The molecule has 1 aliphatic rings. The number of nitrogens with zero attached hydrogens (tertiary/aromatic N) is 4. The highest BCUT2D eigenvalue weighted by molar-refractivity contribution is 14.0. The van der Waals surface area contributed by atoms with Crippen molar-refractivity contribution in [3.05, 3.63) is 53.9 Å². The van der Waals surface area contributed by atoms with E-state index in [2.05, 4.69) is 70.7 Å². The minimum absolute atomic E-state index is 0. The molecule has 1 aliphatic heterocycles. The van der Waals surface area contributed by atoms with Gasteiger partial charge in [0.2, 0.25) is 0 Å². The normalized spacial score (nSPS) is 17.3. The summed E-state index contributed by atoms with van der Waals surface area (Å²) in [5.74, 6) is 1.70. The van der Waals surface area contributed by atoms with Gasteiger partial charge in [-0.1, -0.05) is 44.2 Å². The topological polar surface area (TPSA) is 45.5 Å². The summed E-state index contributed by atoms with van der Waals surface area (Å²) in [6.07, 6.45) is 8.65. The van der Waals surface area contributed by atoms with Gasteiger partial charge in [-0.25, -0.2) is 0 Å². The summed E-state index contributed by atoms with van der Waals surface area (Å²) >= 11 is 0. The first-order valence-corrected chi connectivity index (χ1v) is 10.6. The Morgan fingerprint density at radius 2 is 1.97 bits per heavy atom. The van der Waals surface area contributed by atoms with Crippen molar-refractivity contribution in [2.75, 3.05) is 26.7 Å². The number of halogens is 1. The zero-order chi connectivity index (χ0) is 20.0. The standard InChI is InChI=1S/C23H35N5.HI/c1-5-23(6-2,21-10-8-7-9-11-21)18-25-22(24-3)28-13-12-19(17-28)14-20-15-26-27(4)16-20;/h7-11,15-16,19H,5-6,12-14,17-18H2,1-4H3,(H,24,25);1H. The molecule has 0 radical (unpaired) electrons. The highest BCUT2D eigenvalue weighted by Gasteiger charge is 2.30. The molecule has 1 aromatic heterocycles. The molecule has 6 heteroatoms. The Bertz CT molecular complexity index is 767. The van der Waals surface area contributed by atoms with E-state index in [9.17, 15) is 0 Å². The Kier molecular flexibility index (Phi) is 8.99. The molecule has 1 fully saturated rings. The molecule has 29 heavy (non-hydrogen) atoms. The van der Waals surface area contributed by atoms with Crippen molar-refractivity contribution in [1.29, 1.82) is 0 Å². The zero-order valence-electron chi connectivity index (χ0n) is 18.3. The van der Waals surface area contributed by atoms with Crippen LogP contribution in [0.15, 0.2) is 47.7 Å². The first-order valence-electron chi connectivity index (χ1n) is 10.6. The maximum absolute atomic E-state index is 4.60. The highest BCUT2D eigenvalue weighted by atomic mass is 127. The first-order chi connectivity index (χ1) is 13.6. The number of guanidine groups is 1. The van der Waals surface area contributed by atoms with Gasteiger partial charge in [-0.3, -0.25) is 9.67 Å². The predicted octanol–water partition coefficient (Wildman–Crippen LogP) is 4.24. The molecule has 1 aromatic carbocycles. The average Bonchev–Trinajstić information content (AvgIpc) is 3.36. The molecule has 0 saturated carbocycles. The lowest BCUT2D eigenvalue weighted by molar-refractivity contribution is 0.377. The van der Waals surface area contributed by atoms with E-state index in [4.69, 9.17) is 0 Å². The third kappa shape index (κ3) is 5.74. The van der Waals surface area contributed by atoms with Gasteiger partial charge in [0.15, 0.2) is 5.96 Å². The van der Waals surface area contributed by atoms with Gasteiger partial charge in [-0.2, -0.15) is 5.10 Å². The second-order valence-electron chi connectivity index (χ2n) is 8.08. The van der Waals surface area contributed by atoms with Gasteiger partial charge < -0.3 is 10.2 Å². The molecule has 160 valence electrons. The molecular formula is C23H36IN5. The molecular weight excluding hydrogens is 473 g/mol. The smallest absolute Gasteiger partial charge is 0.193 e. The minimum Gasteiger partial charge on any atom is -0.355 e. The van der Waals surface area contributed by atoms with Crippen LogP contribution in [0.4, 0.5) is 0 Å². The second-order valence-corrected chi connectivity index (χ2v) is 8.08. The van der Waals surface area contributed by atoms with Crippen molar-refractivity contribution in [2.24, 2.45) is 18.0 Å². The van der Waals surface area contributed by atoms with Crippen molar-refractivity contribution in [2.45, 2.75) is 44.9 Å². The van der Waals surface area contributed by atoms with Crippen LogP contribution in [0.2, 0.25) is 0 Å². The number of benzene rings is 1. The molecule has 5 nitrogen and oxygen atoms in total. The fourth-order valence-corrected chi connectivity index (χ4v) is 4.48. The van der Waals surface area contributed by atoms with Crippen molar-refractivity contribution >= 4 is 29.9 Å². The van der Waals surface area contributed by atoms with Crippen LogP contribution in [0, 0.1) is 5.92 Å². The van der Waals surface area contributed by atoms with Crippen LogP contribution in [0.25, 0.3) is 0 Å². The maximum atomic E-state index is 4.60. The quantitative estimate of drug-likeness (QED) is 0.345. The molecule has 0 amide bonds. The fraction of sp³-hybridized carbons (Fsp3) is 0.565. The molecule has 1 atom stereocenters. The van der Waals surface area contributed by atoms with E-state index in [-0.39, 0.29) is 29.4 Å². The molecule has 2 aromatic rings. The number of rotatable bonds is 7. The van der Waals surface area contributed by atoms with Crippen LogP contribution in [0.5, 0.6) is 0 Å². The summed E-state index contributed by atoms with van der Waals surface area (Å²) < 4.78 is 1.89. The summed E-state index contributed by atoms with van der Waals surface area (Å²) in [6.45, 7) is 7.63. The molecule has 1 saturated heterocycles. The third-order valence-corrected chi connectivity index (χ3v) is 6.40. The first kappa shape index (κ1) is 23.7. The van der Waals surface area contributed by atoms with E-state index in [1.54, 1.807) is 0 Å². The van der Waals surface area contributed by atoms with Crippen LogP contribution in [0.3, 0.4) is 0 Å². The van der Waals surface area contributed by atoms with Crippen molar-refractivity contribution < 1.29 is 0 Å². The lowest BCUT2D eigenvalue weighted by Crippen LogP contribution is -2.46. The van der Waals surface area contributed by atoms with Gasteiger partial charge in [0.25, 0.3) is 0 Å². The predicted molar refractivity (Wildman–Crippen MR) is 132 cm³/mol. The lowest BCUT2D eigenvalue weighted by Gasteiger charge is -2.34. The van der Waals surface area contributed by atoms with E-state index in [0.29, 0.717) is 5.92 Å². The van der Waals surface area contributed by atoms with E-state index < -0.39 is 0 Å². The third-order valence-electron chi connectivity index (χ3n) is 6.40. The van der Waals surface area contributed by atoms with Crippen LogP contribution in [-0.4, -0.2) is 47.3 Å². The number of aromatic nitrogens is 2. The summed E-state index contributed by atoms with van der Waals surface area (Å²) in [7, 11) is 3.88. The monoisotopic (exact) mass is 509 g/mol.